The van der Waals surface area contributed by atoms with Crippen molar-refractivity contribution in [1.29, 1.82) is 0 Å². The van der Waals surface area contributed by atoms with Gasteiger partial charge in [0.05, 0.1) is 6.61 Å². The summed E-state index contributed by atoms with van der Waals surface area (Å²) >= 11 is 0. The molecule has 2 nitrogen and oxygen atoms in total. The SMILES string of the molecule is Cc1ccccc1[C@H]1C[C@@]1(CN)CO. The molecule has 0 amide bonds. The molecule has 2 rings (SSSR count). The lowest BCUT2D eigenvalue weighted by molar-refractivity contribution is 0.211. The van der Waals surface area contributed by atoms with Crippen molar-refractivity contribution in [1.82, 2.24) is 0 Å². The number of hydrogen-bond donors (Lipinski definition) is 2. The van der Waals surface area contributed by atoms with Crippen LogP contribution in [0.3, 0.4) is 0 Å². The first kappa shape index (κ1) is 9.69. The highest BCUT2D eigenvalue weighted by molar-refractivity contribution is 5.36. The number of aliphatic hydroxyl groups excluding tert-OH is 1. The van der Waals surface area contributed by atoms with E-state index in [4.69, 9.17) is 5.73 Å². The Morgan fingerprint density at radius 3 is 2.71 bits per heavy atom. The zero-order valence-corrected chi connectivity index (χ0v) is 8.53. The van der Waals surface area contributed by atoms with Crippen LogP contribution in [0.1, 0.15) is 23.5 Å². The second-order valence-corrected chi connectivity index (χ2v) is 4.34. The first-order valence-corrected chi connectivity index (χ1v) is 5.10. The first-order chi connectivity index (χ1) is 6.73. The summed E-state index contributed by atoms with van der Waals surface area (Å²) in [6, 6.07) is 8.36. The summed E-state index contributed by atoms with van der Waals surface area (Å²) in [6.07, 6.45) is 1.03. The lowest BCUT2D eigenvalue weighted by Gasteiger charge is -2.12. The number of nitrogens with two attached hydrogens (primary N) is 1. The fraction of sp³-hybridized carbons (Fsp3) is 0.500. The second-order valence-electron chi connectivity index (χ2n) is 4.34. The highest BCUT2D eigenvalue weighted by Crippen LogP contribution is 2.58. The average molecular weight is 191 g/mol. The molecule has 0 bridgehead atoms. The lowest BCUT2D eigenvalue weighted by atomic mass is 9.97. The van der Waals surface area contributed by atoms with Crippen molar-refractivity contribution in [2.45, 2.75) is 19.3 Å². The third-order valence-electron chi connectivity index (χ3n) is 3.48. The largest absolute Gasteiger partial charge is 0.396 e. The van der Waals surface area contributed by atoms with Crippen LogP contribution in [0.4, 0.5) is 0 Å². The highest BCUT2D eigenvalue weighted by atomic mass is 16.3. The number of hydrogen-bond acceptors (Lipinski definition) is 2. The van der Waals surface area contributed by atoms with E-state index in [9.17, 15) is 5.11 Å². The van der Waals surface area contributed by atoms with Crippen molar-refractivity contribution in [3.05, 3.63) is 35.4 Å². The summed E-state index contributed by atoms with van der Waals surface area (Å²) in [5.41, 5.74) is 8.34. The molecule has 14 heavy (non-hydrogen) atoms. The van der Waals surface area contributed by atoms with Crippen molar-refractivity contribution < 1.29 is 5.11 Å². The topological polar surface area (TPSA) is 46.2 Å². The molecular weight excluding hydrogens is 174 g/mol. The van der Waals surface area contributed by atoms with Gasteiger partial charge < -0.3 is 10.8 Å². The molecule has 2 atom stereocenters. The van der Waals surface area contributed by atoms with E-state index in [-0.39, 0.29) is 12.0 Å². The Labute approximate surface area is 84.7 Å². The van der Waals surface area contributed by atoms with E-state index < -0.39 is 0 Å². The van der Waals surface area contributed by atoms with E-state index >= 15 is 0 Å². The van der Waals surface area contributed by atoms with Gasteiger partial charge in [-0.15, -0.1) is 0 Å². The van der Waals surface area contributed by atoms with Crippen LogP contribution in [-0.2, 0) is 0 Å². The molecule has 0 heterocycles. The molecule has 0 spiro atoms. The van der Waals surface area contributed by atoms with Crippen LogP contribution in [0.5, 0.6) is 0 Å². The van der Waals surface area contributed by atoms with Crippen LogP contribution < -0.4 is 5.73 Å². The summed E-state index contributed by atoms with van der Waals surface area (Å²) in [4.78, 5) is 0. The zero-order valence-electron chi connectivity index (χ0n) is 8.53. The molecule has 0 unspecified atom stereocenters. The van der Waals surface area contributed by atoms with Gasteiger partial charge in [0.2, 0.25) is 0 Å². The molecule has 1 fully saturated rings. The third-order valence-corrected chi connectivity index (χ3v) is 3.48. The van der Waals surface area contributed by atoms with Gasteiger partial charge in [0.1, 0.15) is 0 Å². The van der Waals surface area contributed by atoms with E-state index in [1.165, 1.54) is 11.1 Å². The molecular formula is C12H17NO. The standard InChI is InChI=1S/C12H17NO/c1-9-4-2-3-5-10(9)11-6-12(11,7-13)8-14/h2-5,11,14H,6-8,13H2,1H3/t11-,12-/m1/s1. The van der Waals surface area contributed by atoms with Crippen molar-refractivity contribution in [3.63, 3.8) is 0 Å². The molecule has 1 aliphatic rings. The lowest BCUT2D eigenvalue weighted by Crippen LogP contribution is -2.21. The smallest absolute Gasteiger partial charge is 0.0505 e. The zero-order chi connectivity index (χ0) is 10.2. The van der Waals surface area contributed by atoms with Crippen molar-refractivity contribution in [2.75, 3.05) is 13.2 Å². The Balaban J connectivity index is 2.24. The Morgan fingerprint density at radius 2 is 2.21 bits per heavy atom. The fourth-order valence-corrected chi connectivity index (χ4v) is 2.23. The molecule has 1 aliphatic carbocycles. The molecule has 1 saturated carbocycles. The van der Waals surface area contributed by atoms with E-state index in [0.29, 0.717) is 12.5 Å². The van der Waals surface area contributed by atoms with Crippen LogP contribution in [0.25, 0.3) is 0 Å². The number of rotatable bonds is 3. The molecule has 2 heteroatoms. The molecule has 1 aromatic rings. The van der Waals surface area contributed by atoms with Crippen LogP contribution in [0.15, 0.2) is 24.3 Å². The third kappa shape index (κ3) is 1.35. The molecule has 76 valence electrons. The maximum Gasteiger partial charge on any atom is 0.0505 e. The predicted molar refractivity (Wildman–Crippen MR) is 57.1 cm³/mol. The maximum atomic E-state index is 9.30. The summed E-state index contributed by atoms with van der Waals surface area (Å²) < 4.78 is 0. The monoisotopic (exact) mass is 191 g/mol. The first-order valence-electron chi connectivity index (χ1n) is 5.10. The van der Waals surface area contributed by atoms with Gasteiger partial charge in [-0.25, -0.2) is 0 Å². The van der Waals surface area contributed by atoms with Crippen molar-refractivity contribution in [2.24, 2.45) is 11.1 Å². The van der Waals surface area contributed by atoms with Gasteiger partial charge >= 0.3 is 0 Å². The molecule has 0 aromatic heterocycles. The molecule has 0 aliphatic heterocycles. The normalized spacial score (nSPS) is 30.4. The average Bonchev–Trinajstić information content (AvgIpc) is 2.94. The van der Waals surface area contributed by atoms with Crippen molar-refractivity contribution in [3.8, 4) is 0 Å². The Morgan fingerprint density at radius 1 is 1.50 bits per heavy atom. The van der Waals surface area contributed by atoms with Gasteiger partial charge in [-0.3, -0.25) is 0 Å². The van der Waals surface area contributed by atoms with Gasteiger partial charge in [0, 0.05) is 12.0 Å². The Bertz CT molecular complexity index is 331. The highest BCUT2D eigenvalue weighted by Gasteiger charge is 2.53. The van der Waals surface area contributed by atoms with Gasteiger partial charge in [-0.1, -0.05) is 24.3 Å². The second kappa shape index (κ2) is 3.37. The van der Waals surface area contributed by atoms with Crippen LogP contribution in [0, 0.1) is 12.3 Å². The Kier molecular flexibility index (Phi) is 2.33. The van der Waals surface area contributed by atoms with Gasteiger partial charge in [-0.05, 0) is 30.4 Å². The van der Waals surface area contributed by atoms with Crippen molar-refractivity contribution >= 4 is 0 Å². The minimum absolute atomic E-state index is 0.0217. The molecule has 1 aromatic carbocycles. The minimum atomic E-state index is -0.0217. The van der Waals surface area contributed by atoms with E-state index in [1.54, 1.807) is 0 Å². The summed E-state index contributed by atoms with van der Waals surface area (Å²) in [7, 11) is 0. The summed E-state index contributed by atoms with van der Waals surface area (Å²) in [5, 5.41) is 9.30. The molecule has 0 radical (unpaired) electrons. The number of aryl methyl sites for hydroxylation is 1. The van der Waals surface area contributed by atoms with E-state index in [0.717, 1.165) is 6.42 Å². The fourth-order valence-electron chi connectivity index (χ4n) is 2.23. The maximum absolute atomic E-state index is 9.30. The minimum Gasteiger partial charge on any atom is -0.396 e. The molecule has 0 saturated heterocycles. The van der Waals surface area contributed by atoms with E-state index in [1.807, 2.05) is 6.07 Å². The Hall–Kier alpha value is -0.860. The van der Waals surface area contributed by atoms with Crippen LogP contribution in [-0.4, -0.2) is 18.3 Å². The summed E-state index contributed by atoms with van der Waals surface area (Å²) in [5.74, 6) is 0.471. The predicted octanol–water partition coefficient (Wildman–Crippen LogP) is 1.42. The van der Waals surface area contributed by atoms with Gasteiger partial charge in [0.15, 0.2) is 0 Å². The van der Waals surface area contributed by atoms with E-state index in [2.05, 4.69) is 25.1 Å². The number of aliphatic hydroxyl groups is 1. The quantitative estimate of drug-likeness (QED) is 0.759. The van der Waals surface area contributed by atoms with Crippen LogP contribution in [0.2, 0.25) is 0 Å². The van der Waals surface area contributed by atoms with Gasteiger partial charge in [0.25, 0.3) is 0 Å². The number of benzene rings is 1. The van der Waals surface area contributed by atoms with Gasteiger partial charge in [-0.2, -0.15) is 0 Å². The van der Waals surface area contributed by atoms with Crippen LogP contribution >= 0.6 is 0 Å². The molecule has 3 N–H and O–H groups in total. The summed E-state index contributed by atoms with van der Waals surface area (Å²) in [6.45, 7) is 2.91.